The lowest BCUT2D eigenvalue weighted by molar-refractivity contribution is 0.282. The summed E-state index contributed by atoms with van der Waals surface area (Å²) < 4.78 is 19.6. The second kappa shape index (κ2) is 4.31. The molecule has 1 aromatic heterocycles. The van der Waals surface area contributed by atoms with Gasteiger partial charge >= 0.3 is 0 Å². The fourth-order valence-corrected chi connectivity index (χ4v) is 2.49. The highest BCUT2D eigenvalue weighted by atomic mass is 35.5. The average molecular weight is 294 g/mol. The standard InChI is InChI=1S/C14H13ClFN3O/c1-14(2)6-20-12-8(14)3-7(4-10(12)16)11-9(15)5-18-13(17)19-11/h3-5H,6H2,1-2H3,(H2,17,18,19). The van der Waals surface area contributed by atoms with E-state index in [2.05, 4.69) is 9.97 Å². The molecule has 0 saturated heterocycles. The van der Waals surface area contributed by atoms with Gasteiger partial charge in [0.25, 0.3) is 0 Å². The highest BCUT2D eigenvalue weighted by Crippen LogP contribution is 2.42. The molecule has 2 heterocycles. The van der Waals surface area contributed by atoms with Crippen LogP contribution in [0, 0.1) is 5.82 Å². The fraction of sp³-hybridized carbons (Fsp3) is 0.286. The van der Waals surface area contributed by atoms with E-state index in [1.54, 1.807) is 0 Å². The topological polar surface area (TPSA) is 61.0 Å². The molecule has 0 unspecified atom stereocenters. The Morgan fingerprint density at radius 1 is 1.40 bits per heavy atom. The molecule has 0 saturated carbocycles. The molecule has 0 atom stereocenters. The van der Waals surface area contributed by atoms with Crippen molar-refractivity contribution in [3.05, 3.63) is 34.7 Å². The van der Waals surface area contributed by atoms with Gasteiger partial charge in [0, 0.05) is 16.5 Å². The average Bonchev–Trinajstić information content (AvgIpc) is 2.69. The molecule has 20 heavy (non-hydrogen) atoms. The maximum absolute atomic E-state index is 14.2. The van der Waals surface area contributed by atoms with Crippen LogP contribution >= 0.6 is 11.6 Å². The molecule has 2 aromatic rings. The predicted molar refractivity (Wildman–Crippen MR) is 75.4 cm³/mol. The monoisotopic (exact) mass is 293 g/mol. The smallest absolute Gasteiger partial charge is 0.220 e. The van der Waals surface area contributed by atoms with E-state index in [-0.39, 0.29) is 11.4 Å². The first-order chi connectivity index (χ1) is 9.38. The molecular weight excluding hydrogens is 281 g/mol. The largest absolute Gasteiger partial charge is 0.489 e. The number of benzene rings is 1. The number of aromatic nitrogens is 2. The number of nitrogens with zero attached hydrogens (tertiary/aromatic N) is 2. The van der Waals surface area contributed by atoms with E-state index in [0.717, 1.165) is 5.56 Å². The summed E-state index contributed by atoms with van der Waals surface area (Å²) in [5, 5.41) is 0.329. The number of ether oxygens (including phenoxy) is 1. The summed E-state index contributed by atoms with van der Waals surface area (Å²) in [5.74, 6) is -0.0194. The number of hydrogen-bond acceptors (Lipinski definition) is 4. The minimum atomic E-state index is -0.420. The molecule has 104 valence electrons. The third-order valence-corrected chi connectivity index (χ3v) is 3.66. The number of anilines is 1. The molecule has 1 aromatic carbocycles. The molecule has 4 nitrogen and oxygen atoms in total. The van der Waals surface area contributed by atoms with E-state index in [0.29, 0.717) is 28.6 Å². The molecule has 0 radical (unpaired) electrons. The number of nitrogen functional groups attached to an aromatic ring is 1. The van der Waals surface area contributed by atoms with Gasteiger partial charge in [-0.1, -0.05) is 25.4 Å². The lowest BCUT2D eigenvalue weighted by atomic mass is 9.85. The number of halogens is 2. The highest BCUT2D eigenvalue weighted by Gasteiger charge is 2.34. The second-order valence-corrected chi connectivity index (χ2v) is 5.84. The van der Waals surface area contributed by atoms with Crippen molar-refractivity contribution in [2.45, 2.75) is 19.3 Å². The first kappa shape index (κ1) is 13.1. The lowest BCUT2D eigenvalue weighted by Gasteiger charge is -2.16. The molecule has 6 heteroatoms. The van der Waals surface area contributed by atoms with Gasteiger partial charge in [0.05, 0.1) is 23.5 Å². The van der Waals surface area contributed by atoms with Crippen LogP contribution in [0.3, 0.4) is 0 Å². The van der Waals surface area contributed by atoms with Crippen molar-refractivity contribution in [1.82, 2.24) is 9.97 Å². The maximum atomic E-state index is 14.2. The zero-order chi connectivity index (χ0) is 14.5. The van der Waals surface area contributed by atoms with E-state index in [9.17, 15) is 4.39 Å². The Hall–Kier alpha value is -1.88. The molecule has 0 spiro atoms. The maximum Gasteiger partial charge on any atom is 0.220 e. The first-order valence-electron chi connectivity index (χ1n) is 6.14. The van der Waals surface area contributed by atoms with Crippen molar-refractivity contribution in [1.29, 1.82) is 0 Å². The molecule has 3 rings (SSSR count). The summed E-state index contributed by atoms with van der Waals surface area (Å²) in [5.41, 5.74) is 7.11. The molecule has 0 aliphatic carbocycles. The van der Waals surface area contributed by atoms with E-state index < -0.39 is 5.82 Å². The van der Waals surface area contributed by atoms with Gasteiger partial charge in [-0.3, -0.25) is 0 Å². The molecule has 0 bridgehead atoms. The highest BCUT2D eigenvalue weighted by molar-refractivity contribution is 6.32. The zero-order valence-electron chi connectivity index (χ0n) is 11.1. The second-order valence-electron chi connectivity index (χ2n) is 5.43. The van der Waals surface area contributed by atoms with Crippen LogP contribution < -0.4 is 10.5 Å². The van der Waals surface area contributed by atoms with Crippen LogP contribution in [-0.2, 0) is 5.41 Å². The van der Waals surface area contributed by atoms with Gasteiger partial charge in [-0.15, -0.1) is 0 Å². The first-order valence-corrected chi connectivity index (χ1v) is 6.51. The van der Waals surface area contributed by atoms with E-state index in [1.165, 1.54) is 12.3 Å². The van der Waals surface area contributed by atoms with Gasteiger partial charge in [0.2, 0.25) is 5.95 Å². The van der Waals surface area contributed by atoms with Crippen molar-refractivity contribution in [2.24, 2.45) is 0 Å². The molecule has 2 N–H and O–H groups in total. The number of hydrogen-bond donors (Lipinski definition) is 1. The van der Waals surface area contributed by atoms with Crippen molar-refractivity contribution in [2.75, 3.05) is 12.3 Å². The van der Waals surface area contributed by atoms with Crippen LogP contribution in [0.15, 0.2) is 18.3 Å². The van der Waals surface area contributed by atoms with Crippen molar-refractivity contribution < 1.29 is 9.13 Å². The van der Waals surface area contributed by atoms with Crippen LogP contribution in [-0.4, -0.2) is 16.6 Å². The van der Waals surface area contributed by atoms with E-state index in [4.69, 9.17) is 22.1 Å². The predicted octanol–water partition coefficient (Wildman–Crippen LogP) is 3.19. The van der Waals surface area contributed by atoms with Gasteiger partial charge in [0.15, 0.2) is 11.6 Å². The van der Waals surface area contributed by atoms with E-state index >= 15 is 0 Å². The minimum absolute atomic E-state index is 0.0980. The molecular formula is C14H13ClFN3O. The van der Waals surface area contributed by atoms with Gasteiger partial charge in [-0.25, -0.2) is 14.4 Å². The van der Waals surface area contributed by atoms with Gasteiger partial charge in [-0.05, 0) is 12.1 Å². The summed E-state index contributed by atoms with van der Waals surface area (Å²) in [7, 11) is 0. The van der Waals surface area contributed by atoms with Crippen molar-refractivity contribution in [3.63, 3.8) is 0 Å². The Morgan fingerprint density at radius 3 is 2.90 bits per heavy atom. The van der Waals surface area contributed by atoms with Crippen LogP contribution in [0.25, 0.3) is 11.3 Å². The molecule has 1 aliphatic heterocycles. The quantitative estimate of drug-likeness (QED) is 0.877. The van der Waals surface area contributed by atoms with Gasteiger partial charge in [0.1, 0.15) is 0 Å². The Labute approximate surface area is 120 Å². The third kappa shape index (κ3) is 1.98. The Bertz CT molecular complexity index is 703. The Balaban J connectivity index is 2.22. The normalized spacial score (nSPS) is 15.8. The number of nitrogens with two attached hydrogens (primary N) is 1. The third-order valence-electron chi connectivity index (χ3n) is 3.39. The van der Waals surface area contributed by atoms with E-state index in [1.807, 2.05) is 19.9 Å². The van der Waals surface area contributed by atoms with Gasteiger partial charge < -0.3 is 10.5 Å². The minimum Gasteiger partial charge on any atom is -0.489 e. The summed E-state index contributed by atoms with van der Waals surface area (Å²) in [6.07, 6.45) is 1.41. The lowest BCUT2D eigenvalue weighted by Crippen LogP contribution is -2.18. The summed E-state index contributed by atoms with van der Waals surface area (Å²) in [6.45, 7) is 4.44. The summed E-state index contributed by atoms with van der Waals surface area (Å²) >= 11 is 6.07. The number of fused-ring (bicyclic) bond motifs is 1. The summed E-state index contributed by atoms with van der Waals surface area (Å²) in [4.78, 5) is 7.89. The van der Waals surface area contributed by atoms with Crippen LogP contribution in [0.1, 0.15) is 19.4 Å². The van der Waals surface area contributed by atoms with Crippen LogP contribution in [0.2, 0.25) is 5.02 Å². The van der Waals surface area contributed by atoms with Crippen molar-refractivity contribution in [3.8, 4) is 17.0 Å². The Morgan fingerprint density at radius 2 is 2.15 bits per heavy atom. The fourth-order valence-electron chi connectivity index (χ4n) is 2.29. The zero-order valence-corrected chi connectivity index (χ0v) is 11.8. The van der Waals surface area contributed by atoms with Crippen LogP contribution in [0.4, 0.5) is 10.3 Å². The number of rotatable bonds is 1. The molecule has 0 fully saturated rings. The van der Waals surface area contributed by atoms with Crippen LogP contribution in [0.5, 0.6) is 5.75 Å². The Kier molecular flexibility index (Phi) is 2.83. The van der Waals surface area contributed by atoms with Gasteiger partial charge in [-0.2, -0.15) is 0 Å². The summed E-state index contributed by atoms with van der Waals surface area (Å²) in [6, 6.07) is 3.20. The molecule has 0 amide bonds. The van der Waals surface area contributed by atoms with Crippen molar-refractivity contribution >= 4 is 17.5 Å². The SMILES string of the molecule is CC1(C)COc2c(F)cc(-c3nc(N)ncc3Cl)cc21. The molecule has 1 aliphatic rings.